The van der Waals surface area contributed by atoms with Gasteiger partial charge >= 0.3 is 0 Å². The van der Waals surface area contributed by atoms with Crippen molar-refractivity contribution in [1.82, 2.24) is 14.8 Å². The van der Waals surface area contributed by atoms with Crippen molar-refractivity contribution < 1.29 is 4.74 Å². The number of aryl methyl sites for hydroxylation is 1. The average molecular weight is 218 g/mol. The molecule has 2 N–H and O–H groups in total. The van der Waals surface area contributed by atoms with Crippen LogP contribution in [-0.4, -0.2) is 21.9 Å². The number of pyridine rings is 1. The molecule has 0 saturated heterocycles. The van der Waals surface area contributed by atoms with Crippen molar-refractivity contribution in [3.63, 3.8) is 0 Å². The fourth-order valence-corrected chi connectivity index (χ4v) is 1.61. The molecule has 2 heterocycles. The van der Waals surface area contributed by atoms with E-state index in [1.54, 1.807) is 19.5 Å². The number of hydrogen-bond acceptors (Lipinski definition) is 4. The second kappa shape index (κ2) is 3.84. The molecule has 16 heavy (non-hydrogen) atoms. The lowest BCUT2D eigenvalue weighted by Crippen LogP contribution is -1.98. The van der Waals surface area contributed by atoms with Crippen molar-refractivity contribution in [2.75, 3.05) is 12.8 Å². The Labute approximate surface area is 93.9 Å². The summed E-state index contributed by atoms with van der Waals surface area (Å²) >= 11 is 0. The SMILES string of the molecule is COc1nccc(-c2cnn(C)c2C)c1N. The molecule has 0 bridgehead atoms. The van der Waals surface area contributed by atoms with Crippen LogP contribution in [0.4, 0.5) is 5.69 Å². The van der Waals surface area contributed by atoms with Crippen LogP contribution in [0, 0.1) is 6.92 Å². The summed E-state index contributed by atoms with van der Waals surface area (Å²) in [6, 6.07) is 1.86. The van der Waals surface area contributed by atoms with Gasteiger partial charge in [-0.1, -0.05) is 0 Å². The summed E-state index contributed by atoms with van der Waals surface area (Å²) in [6.45, 7) is 1.99. The summed E-state index contributed by atoms with van der Waals surface area (Å²) < 4.78 is 6.90. The predicted octanol–water partition coefficient (Wildman–Crippen LogP) is 1.38. The van der Waals surface area contributed by atoms with E-state index < -0.39 is 0 Å². The molecule has 0 spiro atoms. The Bertz CT molecular complexity index is 519. The maximum absolute atomic E-state index is 5.98. The molecule has 0 atom stereocenters. The summed E-state index contributed by atoms with van der Waals surface area (Å²) in [5, 5.41) is 4.19. The molecular formula is C11H14N4O. The van der Waals surface area contributed by atoms with Crippen molar-refractivity contribution in [1.29, 1.82) is 0 Å². The van der Waals surface area contributed by atoms with Crippen LogP contribution in [0.2, 0.25) is 0 Å². The zero-order valence-electron chi connectivity index (χ0n) is 9.56. The molecule has 0 amide bonds. The van der Waals surface area contributed by atoms with Gasteiger partial charge in [-0.25, -0.2) is 4.98 Å². The highest BCUT2D eigenvalue weighted by atomic mass is 16.5. The number of methoxy groups -OCH3 is 1. The summed E-state index contributed by atoms with van der Waals surface area (Å²) in [6.07, 6.45) is 3.47. The van der Waals surface area contributed by atoms with Crippen LogP contribution in [0.15, 0.2) is 18.5 Å². The quantitative estimate of drug-likeness (QED) is 0.827. The van der Waals surface area contributed by atoms with Gasteiger partial charge in [0.05, 0.1) is 13.3 Å². The summed E-state index contributed by atoms with van der Waals surface area (Å²) in [7, 11) is 3.45. The second-order valence-electron chi connectivity index (χ2n) is 3.55. The van der Waals surface area contributed by atoms with Gasteiger partial charge in [-0.05, 0) is 13.0 Å². The molecule has 0 aliphatic heterocycles. The first-order valence-corrected chi connectivity index (χ1v) is 4.92. The Morgan fingerprint density at radius 1 is 1.38 bits per heavy atom. The van der Waals surface area contributed by atoms with E-state index in [2.05, 4.69) is 10.1 Å². The molecule has 5 nitrogen and oxygen atoms in total. The Hall–Kier alpha value is -2.04. The van der Waals surface area contributed by atoms with Crippen molar-refractivity contribution in [2.45, 2.75) is 6.92 Å². The fraction of sp³-hybridized carbons (Fsp3) is 0.273. The van der Waals surface area contributed by atoms with Gasteiger partial charge in [0, 0.05) is 30.1 Å². The van der Waals surface area contributed by atoms with E-state index in [0.717, 1.165) is 16.8 Å². The molecule has 0 aliphatic rings. The average Bonchev–Trinajstić information content (AvgIpc) is 2.61. The van der Waals surface area contributed by atoms with Crippen LogP contribution in [-0.2, 0) is 7.05 Å². The highest BCUT2D eigenvalue weighted by molar-refractivity contribution is 5.79. The molecule has 84 valence electrons. The van der Waals surface area contributed by atoms with Crippen LogP contribution in [0.3, 0.4) is 0 Å². The van der Waals surface area contributed by atoms with Crippen molar-refractivity contribution >= 4 is 5.69 Å². The molecule has 0 unspecified atom stereocenters. The minimum Gasteiger partial charge on any atom is -0.480 e. The third-order valence-corrected chi connectivity index (χ3v) is 2.67. The highest BCUT2D eigenvalue weighted by Crippen LogP contribution is 2.32. The third kappa shape index (κ3) is 1.50. The van der Waals surface area contributed by atoms with Gasteiger partial charge in [0.2, 0.25) is 5.88 Å². The first-order valence-electron chi connectivity index (χ1n) is 4.92. The number of anilines is 1. The molecular weight excluding hydrogens is 204 g/mol. The largest absolute Gasteiger partial charge is 0.480 e. The Balaban J connectivity index is 2.60. The van der Waals surface area contributed by atoms with Crippen LogP contribution in [0.5, 0.6) is 5.88 Å². The van der Waals surface area contributed by atoms with Gasteiger partial charge in [-0.3, -0.25) is 4.68 Å². The molecule has 2 rings (SSSR count). The van der Waals surface area contributed by atoms with Crippen molar-refractivity contribution in [2.24, 2.45) is 7.05 Å². The van der Waals surface area contributed by atoms with Crippen molar-refractivity contribution in [3.05, 3.63) is 24.2 Å². The zero-order valence-corrected chi connectivity index (χ0v) is 9.56. The lowest BCUT2D eigenvalue weighted by molar-refractivity contribution is 0.400. The topological polar surface area (TPSA) is 66.0 Å². The van der Waals surface area contributed by atoms with Crippen LogP contribution >= 0.6 is 0 Å². The number of ether oxygens (including phenoxy) is 1. The van der Waals surface area contributed by atoms with Crippen LogP contribution in [0.1, 0.15) is 5.69 Å². The molecule has 0 aliphatic carbocycles. The number of nitrogen functional groups attached to an aromatic ring is 1. The molecule has 2 aromatic rings. The number of aromatic nitrogens is 3. The molecule has 2 aromatic heterocycles. The normalized spacial score (nSPS) is 10.4. The Morgan fingerprint density at radius 2 is 2.12 bits per heavy atom. The van der Waals surface area contributed by atoms with E-state index >= 15 is 0 Å². The van der Waals surface area contributed by atoms with E-state index in [0.29, 0.717) is 11.6 Å². The van der Waals surface area contributed by atoms with E-state index in [1.807, 2.05) is 24.7 Å². The Morgan fingerprint density at radius 3 is 2.69 bits per heavy atom. The van der Waals surface area contributed by atoms with Crippen molar-refractivity contribution in [3.8, 4) is 17.0 Å². The van der Waals surface area contributed by atoms with Gasteiger partial charge in [0.1, 0.15) is 5.69 Å². The second-order valence-corrected chi connectivity index (χ2v) is 3.55. The summed E-state index contributed by atoms with van der Waals surface area (Å²) in [5.74, 6) is 0.445. The first-order chi connectivity index (χ1) is 7.65. The monoisotopic (exact) mass is 218 g/mol. The van der Waals surface area contributed by atoms with E-state index in [-0.39, 0.29) is 0 Å². The van der Waals surface area contributed by atoms with Gasteiger partial charge in [0.25, 0.3) is 0 Å². The van der Waals surface area contributed by atoms with Crippen LogP contribution in [0.25, 0.3) is 11.1 Å². The number of hydrogen-bond donors (Lipinski definition) is 1. The van der Waals surface area contributed by atoms with E-state index in [4.69, 9.17) is 10.5 Å². The minimum absolute atomic E-state index is 0.445. The number of nitrogens with two attached hydrogens (primary N) is 1. The van der Waals surface area contributed by atoms with E-state index in [1.165, 1.54) is 0 Å². The lowest BCUT2D eigenvalue weighted by Gasteiger charge is -2.08. The van der Waals surface area contributed by atoms with Gasteiger partial charge < -0.3 is 10.5 Å². The maximum atomic E-state index is 5.98. The first kappa shape index (κ1) is 10.5. The summed E-state index contributed by atoms with van der Waals surface area (Å²) in [4.78, 5) is 4.04. The lowest BCUT2D eigenvalue weighted by atomic mass is 10.1. The number of nitrogens with zero attached hydrogens (tertiary/aromatic N) is 3. The smallest absolute Gasteiger partial charge is 0.237 e. The predicted molar refractivity (Wildman–Crippen MR) is 62.1 cm³/mol. The minimum atomic E-state index is 0.445. The zero-order chi connectivity index (χ0) is 11.7. The fourth-order valence-electron chi connectivity index (χ4n) is 1.61. The van der Waals surface area contributed by atoms with Gasteiger partial charge in [0.15, 0.2) is 0 Å². The summed E-state index contributed by atoms with van der Waals surface area (Å²) in [5.41, 5.74) is 9.48. The van der Waals surface area contributed by atoms with Gasteiger partial charge in [-0.2, -0.15) is 5.10 Å². The molecule has 5 heteroatoms. The van der Waals surface area contributed by atoms with Crippen LogP contribution < -0.4 is 10.5 Å². The number of rotatable bonds is 2. The molecule has 0 saturated carbocycles. The Kier molecular flexibility index (Phi) is 2.52. The van der Waals surface area contributed by atoms with E-state index in [9.17, 15) is 0 Å². The molecule has 0 aromatic carbocycles. The standard InChI is InChI=1S/C11H14N4O/c1-7-9(6-14-15(7)2)8-4-5-13-11(16-3)10(8)12/h4-6H,12H2,1-3H3. The maximum Gasteiger partial charge on any atom is 0.237 e. The third-order valence-electron chi connectivity index (χ3n) is 2.67. The highest BCUT2D eigenvalue weighted by Gasteiger charge is 2.12. The molecule has 0 fully saturated rings. The molecule has 0 radical (unpaired) electrons. The van der Waals surface area contributed by atoms with Gasteiger partial charge in [-0.15, -0.1) is 0 Å².